The molecule has 1 saturated heterocycles. The fourth-order valence-electron chi connectivity index (χ4n) is 2.19. The molecule has 0 aromatic carbocycles. The van der Waals surface area contributed by atoms with E-state index in [0.29, 0.717) is 31.9 Å². The average Bonchev–Trinajstić information content (AvgIpc) is 3.12. The van der Waals surface area contributed by atoms with E-state index in [0.717, 1.165) is 12.8 Å². The maximum absolute atomic E-state index is 12.0. The number of carbonyl (C=O) groups is 2. The van der Waals surface area contributed by atoms with Gasteiger partial charge in [-0.05, 0) is 12.8 Å². The lowest BCUT2D eigenvalue weighted by molar-refractivity contribution is -0.134. The molecule has 0 bridgehead atoms. The Morgan fingerprint density at radius 2 is 1.83 bits per heavy atom. The quantitative estimate of drug-likeness (QED) is 0.766. The van der Waals surface area contributed by atoms with E-state index in [4.69, 9.17) is 0 Å². The van der Waals surface area contributed by atoms with Crippen molar-refractivity contribution in [3.8, 4) is 0 Å². The van der Waals surface area contributed by atoms with Crippen molar-refractivity contribution >= 4 is 11.8 Å². The van der Waals surface area contributed by atoms with Gasteiger partial charge in [-0.1, -0.05) is 0 Å². The van der Waals surface area contributed by atoms with E-state index in [-0.39, 0.29) is 17.7 Å². The number of aromatic amines is 1. The topological polar surface area (TPSA) is 82.2 Å². The lowest BCUT2D eigenvalue weighted by Crippen LogP contribution is -2.51. The van der Waals surface area contributed by atoms with E-state index in [1.807, 2.05) is 4.90 Å². The number of nitrogens with one attached hydrogen (secondary N) is 1. The van der Waals surface area contributed by atoms with Crippen LogP contribution in [0.3, 0.4) is 0 Å². The van der Waals surface area contributed by atoms with Crippen LogP contribution in [0.1, 0.15) is 23.3 Å². The molecule has 2 fully saturated rings. The Labute approximate surface area is 104 Å². The van der Waals surface area contributed by atoms with E-state index in [9.17, 15) is 9.59 Å². The highest BCUT2D eigenvalue weighted by Gasteiger charge is 2.35. The predicted molar refractivity (Wildman–Crippen MR) is 61.6 cm³/mol. The first-order chi connectivity index (χ1) is 8.75. The van der Waals surface area contributed by atoms with Crippen molar-refractivity contribution in [2.75, 3.05) is 26.2 Å². The van der Waals surface area contributed by atoms with Crippen molar-refractivity contribution in [3.05, 3.63) is 11.9 Å². The molecule has 1 N–H and O–H groups in total. The van der Waals surface area contributed by atoms with Crippen molar-refractivity contribution in [2.24, 2.45) is 5.92 Å². The molecule has 0 unspecified atom stereocenters. The molecule has 2 heterocycles. The minimum Gasteiger partial charge on any atom is -0.339 e. The van der Waals surface area contributed by atoms with Gasteiger partial charge in [0.1, 0.15) is 0 Å². The number of piperazine rings is 1. The Hall–Kier alpha value is -1.92. The molecule has 0 spiro atoms. The zero-order valence-electron chi connectivity index (χ0n) is 10.0. The number of rotatable bonds is 2. The van der Waals surface area contributed by atoms with Crippen molar-refractivity contribution < 1.29 is 9.59 Å². The first kappa shape index (κ1) is 11.2. The molecular weight excluding hydrogens is 234 g/mol. The van der Waals surface area contributed by atoms with Crippen LogP contribution in [0.5, 0.6) is 0 Å². The van der Waals surface area contributed by atoms with Crippen molar-refractivity contribution in [2.45, 2.75) is 12.8 Å². The van der Waals surface area contributed by atoms with Gasteiger partial charge in [-0.2, -0.15) is 15.4 Å². The number of aromatic nitrogens is 3. The van der Waals surface area contributed by atoms with Crippen LogP contribution >= 0.6 is 0 Å². The van der Waals surface area contributed by atoms with E-state index >= 15 is 0 Å². The third kappa shape index (κ3) is 2.07. The zero-order chi connectivity index (χ0) is 12.5. The Morgan fingerprint density at radius 1 is 1.17 bits per heavy atom. The second kappa shape index (κ2) is 4.40. The van der Waals surface area contributed by atoms with Gasteiger partial charge in [0, 0.05) is 32.1 Å². The molecule has 0 radical (unpaired) electrons. The summed E-state index contributed by atoms with van der Waals surface area (Å²) in [6.07, 6.45) is 3.47. The van der Waals surface area contributed by atoms with Crippen LogP contribution in [0.25, 0.3) is 0 Å². The summed E-state index contributed by atoms with van der Waals surface area (Å²) in [5.74, 6) is 0.383. The molecule has 1 aromatic heterocycles. The van der Waals surface area contributed by atoms with Crippen molar-refractivity contribution in [1.82, 2.24) is 25.2 Å². The molecule has 3 rings (SSSR count). The van der Waals surface area contributed by atoms with Crippen LogP contribution in [0.4, 0.5) is 0 Å². The first-order valence-corrected chi connectivity index (χ1v) is 6.19. The van der Waals surface area contributed by atoms with E-state index in [2.05, 4.69) is 15.4 Å². The SMILES string of the molecule is O=C(c1cn[nH]n1)N1CCN(C(=O)C2CC2)CC1. The summed E-state index contributed by atoms with van der Waals surface area (Å²) in [7, 11) is 0. The smallest absolute Gasteiger partial charge is 0.276 e. The van der Waals surface area contributed by atoms with E-state index in [1.165, 1.54) is 6.20 Å². The Bertz CT molecular complexity index is 446. The van der Waals surface area contributed by atoms with Crippen LogP contribution < -0.4 is 0 Å². The normalized spacial score (nSPS) is 20.0. The zero-order valence-corrected chi connectivity index (χ0v) is 10.0. The molecule has 1 aromatic rings. The third-order valence-electron chi connectivity index (χ3n) is 3.44. The van der Waals surface area contributed by atoms with Gasteiger partial charge in [-0.25, -0.2) is 0 Å². The van der Waals surface area contributed by atoms with Crippen molar-refractivity contribution in [3.63, 3.8) is 0 Å². The summed E-state index contributed by atoms with van der Waals surface area (Å²) in [6, 6.07) is 0. The first-order valence-electron chi connectivity index (χ1n) is 6.19. The summed E-state index contributed by atoms with van der Waals surface area (Å²) in [5, 5.41) is 9.83. The number of amides is 2. The Balaban J connectivity index is 1.56. The van der Waals surface area contributed by atoms with Gasteiger partial charge in [-0.3, -0.25) is 9.59 Å². The predicted octanol–water partition coefficient (Wildman–Crippen LogP) is -0.501. The number of hydrogen-bond donors (Lipinski definition) is 1. The molecule has 7 heteroatoms. The van der Waals surface area contributed by atoms with Crippen molar-refractivity contribution in [1.29, 1.82) is 0 Å². The van der Waals surface area contributed by atoms with Gasteiger partial charge in [0.25, 0.3) is 5.91 Å². The highest BCUT2D eigenvalue weighted by Crippen LogP contribution is 2.31. The molecule has 1 aliphatic carbocycles. The number of H-pyrrole nitrogens is 1. The standard InChI is InChI=1S/C11H15N5O2/c17-10(8-1-2-8)15-3-5-16(6-4-15)11(18)9-7-12-14-13-9/h7-8H,1-6H2,(H,12,13,14). The molecule has 0 atom stereocenters. The van der Waals surface area contributed by atoms with Crippen LogP contribution in [0, 0.1) is 5.92 Å². The maximum atomic E-state index is 12.0. The Morgan fingerprint density at radius 3 is 2.39 bits per heavy atom. The minimum atomic E-state index is -0.123. The molecule has 1 aliphatic heterocycles. The fourth-order valence-corrected chi connectivity index (χ4v) is 2.19. The maximum Gasteiger partial charge on any atom is 0.276 e. The third-order valence-corrected chi connectivity index (χ3v) is 3.44. The number of hydrogen-bond acceptors (Lipinski definition) is 4. The summed E-state index contributed by atoms with van der Waals surface area (Å²) < 4.78 is 0. The Kier molecular flexibility index (Phi) is 2.73. The highest BCUT2D eigenvalue weighted by molar-refractivity contribution is 5.92. The summed E-state index contributed by atoms with van der Waals surface area (Å²) in [6.45, 7) is 2.39. The molecule has 2 aliphatic rings. The largest absolute Gasteiger partial charge is 0.339 e. The molecule has 2 amide bonds. The van der Waals surface area contributed by atoms with Gasteiger partial charge in [-0.15, -0.1) is 0 Å². The average molecular weight is 249 g/mol. The van der Waals surface area contributed by atoms with Crippen LogP contribution in [-0.4, -0.2) is 63.2 Å². The number of nitrogens with zero attached hydrogens (tertiary/aromatic N) is 4. The van der Waals surface area contributed by atoms with Gasteiger partial charge in [0.05, 0.1) is 6.20 Å². The second-order valence-electron chi connectivity index (χ2n) is 4.75. The van der Waals surface area contributed by atoms with E-state index in [1.54, 1.807) is 4.90 Å². The van der Waals surface area contributed by atoms with Gasteiger partial charge < -0.3 is 9.80 Å². The highest BCUT2D eigenvalue weighted by atomic mass is 16.2. The number of carbonyl (C=O) groups excluding carboxylic acids is 2. The lowest BCUT2D eigenvalue weighted by Gasteiger charge is -2.34. The van der Waals surface area contributed by atoms with E-state index < -0.39 is 0 Å². The second-order valence-corrected chi connectivity index (χ2v) is 4.75. The summed E-state index contributed by atoms with van der Waals surface area (Å²) >= 11 is 0. The van der Waals surface area contributed by atoms with Crippen LogP contribution in [-0.2, 0) is 4.79 Å². The van der Waals surface area contributed by atoms with Gasteiger partial charge >= 0.3 is 0 Å². The minimum absolute atomic E-state index is 0.123. The van der Waals surface area contributed by atoms with Crippen LogP contribution in [0.2, 0.25) is 0 Å². The lowest BCUT2D eigenvalue weighted by atomic mass is 10.2. The fraction of sp³-hybridized carbons (Fsp3) is 0.636. The summed E-state index contributed by atoms with van der Waals surface area (Å²) in [4.78, 5) is 27.4. The monoisotopic (exact) mass is 249 g/mol. The van der Waals surface area contributed by atoms with Gasteiger partial charge in [0.15, 0.2) is 5.69 Å². The summed E-state index contributed by atoms with van der Waals surface area (Å²) in [5.41, 5.74) is 0.331. The molecule has 1 saturated carbocycles. The molecule has 96 valence electrons. The molecule has 18 heavy (non-hydrogen) atoms. The van der Waals surface area contributed by atoms with Crippen LogP contribution in [0.15, 0.2) is 6.20 Å². The van der Waals surface area contributed by atoms with Gasteiger partial charge in [0.2, 0.25) is 5.91 Å². The molecule has 7 nitrogen and oxygen atoms in total. The molecular formula is C11H15N5O2.